The van der Waals surface area contributed by atoms with Crippen LogP contribution in [0.3, 0.4) is 0 Å². The Morgan fingerprint density at radius 3 is 1.46 bits per heavy atom. The average molecular weight is 549 g/mol. The first-order valence-corrected chi connectivity index (χ1v) is 15.6. The molecule has 0 atom stereocenters. The molecule has 0 radical (unpaired) electrons. The molecule has 0 saturated heterocycles. The van der Waals surface area contributed by atoms with Crippen LogP contribution in [0.4, 0.5) is 0 Å². The monoisotopic (exact) mass is 548 g/mol. The van der Waals surface area contributed by atoms with Gasteiger partial charge in [-0.3, -0.25) is 0 Å². The second-order valence-electron chi connectivity index (χ2n) is 10.7. The SMILES string of the molecule is CCc1cccc(Cc2ccccc2)c1-c1cc(-c2ccccc2)c(-c2c(CC)cccc2Cc2ccccc2)s1. The highest BCUT2D eigenvalue weighted by molar-refractivity contribution is 7.19. The van der Waals surface area contributed by atoms with Gasteiger partial charge in [-0.15, -0.1) is 11.3 Å². The molecule has 1 heteroatoms. The molecular formula is C40H36S. The second kappa shape index (κ2) is 12.5. The number of aryl methyl sites for hydroxylation is 2. The van der Waals surface area contributed by atoms with Crippen molar-refractivity contribution < 1.29 is 0 Å². The van der Waals surface area contributed by atoms with Gasteiger partial charge in [0, 0.05) is 15.3 Å². The molecule has 0 spiro atoms. The van der Waals surface area contributed by atoms with Crippen LogP contribution in [-0.2, 0) is 25.7 Å². The summed E-state index contributed by atoms with van der Waals surface area (Å²) in [6.07, 6.45) is 3.87. The normalized spacial score (nSPS) is 11.1. The Morgan fingerprint density at radius 1 is 0.463 bits per heavy atom. The first-order chi connectivity index (χ1) is 20.2. The van der Waals surface area contributed by atoms with E-state index < -0.39 is 0 Å². The lowest BCUT2D eigenvalue weighted by atomic mass is 9.90. The third kappa shape index (κ3) is 5.82. The van der Waals surface area contributed by atoms with Crippen molar-refractivity contribution in [2.24, 2.45) is 0 Å². The molecule has 6 aromatic rings. The molecule has 41 heavy (non-hydrogen) atoms. The molecule has 0 bridgehead atoms. The fourth-order valence-electron chi connectivity index (χ4n) is 5.96. The minimum absolute atomic E-state index is 0.927. The van der Waals surface area contributed by atoms with Gasteiger partial charge in [-0.2, -0.15) is 0 Å². The van der Waals surface area contributed by atoms with Gasteiger partial charge in [0.05, 0.1) is 0 Å². The Bertz CT molecular complexity index is 1730. The van der Waals surface area contributed by atoms with E-state index in [1.54, 1.807) is 0 Å². The van der Waals surface area contributed by atoms with Crippen LogP contribution in [-0.4, -0.2) is 0 Å². The van der Waals surface area contributed by atoms with E-state index in [1.165, 1.54) is 65.4 Å². The first kappa shape index (κ1) is 27.0. The van der Waals surface area contributed by atoms with Gasteiger partial charge in [0.25, 0.3) is 0 Å². The minimum Gasteiger partial charge on any atom is -0.135 e. The van der Waals surface area contributed by atoms with Crippen molar-refractivity contribution in [2.45, 2.75) is 39.5 Å². The zero-order valence-corrected chi connectivity index (χ0v) is 24.8. The summed E-state index contributed by atoms with van der Waals surface area (Å²) in [7, 11) is 0. The van der Waals surface area contributed by atoms with Crippen LogP contribution in [0.1, 0.15) is 47.2 Å². The molecule has 1 heterocycles. The van der Waals surface area contributed by atoms with Crippen LogP contribution < -0.4 is 0 Å². The highest BCUT2D eigenvalue weighted by atomic mass is 32.1. The third-order valence-corrected chi connectivity index (χ3v) is 9.17. The topological polar surface area (TPSA) is 0 Å². The Balaban J connectivity index is 1.57. The molecule has 0 nitrogen and oxygen atoms in total. The van der Waals surface area contributed by atoms with Crippen molar-refractivity contribution >= 4 is 11.3 Å². The molecule has 0 amide bonds. The van der Waals surface area contributed by atoms with Gasteiger partial charge in [0.1, 0.15) is 0 Å². The number of hydrogen-bond donors (Lipinski definition) is 0. The maximum Gasteiger partial charge on any atom is 0.0433 e. The zero-order valence-electron chi connectivity index (χ0n) is 23.9. The van der Waals surface area contributed by atoms with Crippen molar-refractivity contribution in [3.8, 4) is 32.0 Å². The fourth-order valence-corrected chi connectivity index (χ4v) is 7.37. The smallest absolute Gasteiger partial charge is 0.0433 e. The Morgan fingerprint density at radius 2 is 0.927 bits per heavy atom. The van der Waals surface area contributed by atoms with Gasteiger partial charge in [-0.1, -0.05) is 141 Å². The summed E-state index contributed by atoms with van der Waals surface area (Å²) in [5.74, 6) is 0. The van der Waals surface area contributed by atoms with Gasteiger partial charge in [0.2, 0.25) is 0 Å². The molecule has 0 saturated carbocycles. The van der Waals surface area contributed by atoms with E-state index in [1.807, 2.05) is 11.3 Å². The third-order valence-electron chi connectivity index (χ3n) is 8.00. The molecule has 0 aliphatic heterocycles. The molecule has 1 aromatic heterocycles. The van der Waals surface area contributed by atoms with E-state index in [0.717, 1.165) is 25.7 Å². The summed E-state index contributed by atoms with van der Waals surface area (Å²) in [5, 5.41) is 0. The summed E-state index contributed by atoms with van der Waals surface area (Å²) in [4.78, 5) is 2.74. The quantitative estimate of drug-likeness (QED) is 0.169. The molecule has 0 fully saturated rings. The summed E-state index contributed by atoms with van der Waals surface area (Å²) >= 11 is 1.97. The van der Waals surface area contributed by atoms with Crippen molar-refractivity contribution in [3.63, 3.8) is 0 Å². The number of thiophene rings is 1. The van der Waals surface area contributed by atoms with Crippen LogP contribution >= 0.6 is 11.3 Å². The van der Waals surface area contributed by atoms with Crippen molar-refractivity contribution in [2.75, 3.05) is 0 Å². The lowest BCUT2D eigenvalue weighted by Crippen LogP contribution is -1.97. The Hall–Kier alpha value is -4.20. The molecule has 0 unspecified atom stereocenters. The Labute approximate surface area is 249 Å². The van der Waals surface area contributed by atoms with E-state index in [0.29, 0.717) is 0 Å². The number of benzene rings is 5. The molecule has 0 aliphatic carbocycles. The predicted molar refractivity (Wildman–Crippen MR) is 178 cm³/mol. The molecule has 0 N–H and O–H groups in total. The van der Waals surface area contributed by atoms with E-state index in [9.17, 15) is 0 Å². The van der Waals surface area contributed by atoms with Crippen LogP contribution in [0.5, 0.6) is 0 Å². The number of hydrogen-bond acceptors (Lipinski definition) is 1. The Kier molecular flexibility index (Phi) is 8.26. The maximum atomic E-state index is 2.47. The van der Waals surface area contributed by atoms with Crippen molar-refractivity contribution in [1.82, 2.24) is 0 Å². The molecule has 202 valence electrons. The maximum absolute atomic E-state index is 2.47. The van der Waals surface area contributed by atoms with Crippen molar-refractivity contribution in [1.29, 1.82) is 0 Å². The van der Waals surface area contributed by atoms with Crippen LogP contribution in [0.15, 0.2) is 133 Å². The van der Waals surface area contributed by atoms with Gasteiger partial charge >= 0.3 is 0 Å². The molecular weight excluding hydrogens is 513 g/mol. The van der Waals surface area contributed by atoms with Crippen LogP contribution in [0.2, 0.25) is 0 Å². The van der Waals surface area contributed by atoms with Gasteiger partial charge in [-0.25, -0.2) is 0 Å². The van der Waals surface area contributed by atoms with E-state index in [2.05, 4.69) is 147 Å². The molecule has 6 rings (SSSR count). The molecule has 5 aromatic carbocycles. The van der Waals surface area contributed by atoms with Crippen LogP contribution in [0, 0.1) is 0 Å². The fraction of sp³-hybridized carbons (Fsp3) is 0.150. The van der Waals surface area contributed by atoms with Gasteiger partial charge in [0.15, 0.2) is 0 Å². The van der Waals surface area contributed by atoms with E-state index in [-0.39, 0.29) is 0 Å². The number of rotatable bonds is 9. The summed E-state index contributed by atoms with van der Waals surface area (Å²) in [6.45, 7) is 4.56. The van der Waals surface area contributed by atoms with Crippen molar-refractivity contribution in [3.05, 3.63) is 167 Å². The summed E-state index contributed by atoms with van der Waals surface area (Å²) in [6, 6.07) is 48.9. The highest BCUT2D eigenvalue weighted by Crippen LogP contribution is 2.47. The highest BCUT2D eigenvalue weighted by Gasteiger charge is 2.21. The van der Waals surface area contributed by atoms with Crippen LogP contribution in [0.25, 0.3) is 32.0 Å². The standard InChI is InChI=1S/C40H36S/c1-3-31-22-14-24-34(26-29-16-8-5-9-17-29)38(31)37-28-36(33-20-12-7-13-21-33)40(41-37)39-32(4-2)23-15-25-35(39)27-30-18-10-6-11-19-30/h5-25,28H,3-4,26-27H2,1-2H3. The van der Waals surface area contributed by atoms with Gasteiger partial charge < -0.3 is 0 Å². The predicted octanol–water partition coefficient (Wildman–Crippen LogP) is 11.1. The lowest BCUT2D eigenvalue weighted by molar-refractivity contribution is 1.11. The van der Waals surface area contributed by atoms with E-state index in [4.69, 9.17) is 0 Å². The first-order valence-electron chi connectivity index (χ1n) is 14.7. The van der Waals surface area contributed by atoms with E-state index >= 15 is 0 Å². The lowest BCUT2D eigenvalue weighted by Gasteiger charge is -2.16. The minimum atomic E-state index is 0.927. The largest absolute Gasteiger partial charge is 0.135 e. The summed E-state index contributed by atoms with van der Waals surface area (Å²) < 4.78 is 0. The average Bonchev–Trinajstić information content (AvgIpc) is 3.46. The molecule has 0 aliphatic rings. The van der Waals surface area contributed by atoms with Gasteiger partial charge in [-0.05, 0) is 81.8 Å². The summed E-state index contributed by atoms with van der Waals surface area (Å²) in [5.41, 5.74) is 13.8. The second-order valence-corrected chi connectivity index (χ2v) is 11.7. The zero-order chi connectivity index (χ0) is 28.0.